The van der Waals surface area contributed by atoms with E-state index in [9.17, 15) is 0 Å². The van der Waals surface area contributed by atoms with E-state index in [1.807, 2.05) is 11.8 Å². The van der Waals surface area contributed by atoms with Gasteiger partial charge in [-0.15, -0.1) is 0 Å². The van der Waals surface area contributed by atoms with E-state index in [0.29, 0.717) is 11.5 Å². The van der Waals surface area contributed by atoms with Gasteiger partial charge in [-0.05, 0) is 11.8 Å². The van der Waals surface area contributed by atoms with Crippen molar-refractivity contribution >= 4 is 17.7 Å². The number of nitrogens with zero attached hydrogens (tertiary/aromatic N) is 2. The van der Waals surface area contributed by atoms with Gasteiger partial charge < -0.3 is 10.6 Å². The fraction of sp³-hybridized carbons (Fsp3) is 0.900. The van der Waals surface area contributed by atoms with Gasteiger partial charge in [-0.3, -0.25) is 0 Å². The first-order chi connectivity index (χ1) is 6.59. The first-order valence-corrected chi connectivity index (χ1v) is 6.41. The van der Waals surface area contributed by atoms with Gasteiger partial charge in [0.15, 0.2) is 5.96 Å². The lowest BCUT2D eigenvalue weighted by molar-refractivity contribution is 0.453. The molecule has 0 aromatic heterocycles. The highest BCUT2D eigenvalue weighted by molar-refractivity contribution is 7.99. The largest absolute Gasteiger partial charge is 0.370 e. The highest BCUT2D eigenvalue weighted by Crippen LogP contribution is 2.47. The molecule has 0 bridgehead atoms. The zero-order valence-corrected chi connectivity index (χ0v) is 9.81. The fourth-order valence-electron chi connectivity index (χ4n) is 1.69. The minimum absolute atomic E-state index is 0.398. The van der Waals surface area contributed by atoms with Crippen molar-refractivity contribution in [2.24, 2.45) is 16.1 Å². The van der Waals surface area contributed by atoms with E-state index in [4.69, 9.17) is 5.73 Å². The number of nitrogens with two attached hydrogens (primary N) is 1. The number of guanidine groups is 1. The molecule has 2 rings (SSSR count). The molecule has 0 spiro atoms. The Labute approximate surface area is 90.1 Å². The molecule has 1 aliphatic heterocycles. The molecule has 80 valence electrons. The van der Waals surface area contributed by atoms with Crippen molar-refractivity contribution in [3.8, 4) is 0 Å². The molecule has 1 atom stereocenters. The molecule has 0 amide bonds. The van der Waals surface area contributed by atoms with Gasteiger partial charge in [0, 0.05) is 24.6 Å². The van der Waals surface area contributed by atoms with Crippen LogP contribution in [0.2, 0.25) is 0 Å². The van der Waals surface area contributed by atoms with Crippen molar-refractivity contribution in [1.82, 2.24) is 4.90 Å². The third-order valence-electron chi connectivity index (χ3n) is 3.08. The van der Waals surface area contributed by atoms with Crippen LogP contribution in [0.25, 0.3) is 0 Å². The monoisotopic (exact) mass is 213 g/mol. The maximum Gasteiger partial charge on any atom is 0.191 e. The molecule has 4 heteroatoms. The summed E-state index contributed by atoms with van der Waals surface area (Å²) in [6, 6.07) is 0.470. The Morgan fingerprint density at radius 1 is 1.43 bits per heavy atom. The normalized spacial score (nSPS) is 31.7. The second-order valence-corrected chi connectivity index (χ2v) is 6.02. The van der Waals surface area contributed by atoms with Gasteiger partial charge in [0.1, 0.15) is 0 Å². The third kappa shape index (κ3) is 2.16. The molecule has 3 nitrogen and oxygen atoms in total. The van der Waals surface area contributed by atoms with Crippen molar-refractivity contribution in [2.45, 2.75) is 26.3 Å². The van der Waals surface area contributed by atoms with E-state index >= 15 is 0 Å². The molecule has 0 aromatic rings. The SMILES string of the molecule is CC1(C)CC1N=C(N)N1CCSCC1. The van der Waals surface area contributed by atoms with E-state index in [-0.39, 0.29) is 0 Å². The molecule has 1 saturated carbocycles. The van der Waals surface area contributed by atoms with Crippen LogP contribution in [0.15, 0.2) is 4.99 Å². The Kier molecular flexibility index (Phi) is 2.64. The van der Waals surface area contributed by atoms with Crippen LogP contribution in [0.5, 0.6) is 0 Å². The molecule has 14 heavy (non-hydrogen) atoms. The van der Waals surface area contributed by atoms with Gasteiger partial charge in [-0.25, -0.2) is 4.99 Å². The molecule has 1 heterocycles. The number of aliphatic imine (C=N–C) groups is 1. The number of hydrogen-bond acceptors (Lipinski definition) is 2. The molecule has 2 fully saturated rings. The third-order valence-corrected chi connectivity index (χ3v) is 4.03. The fourth-order valence-corrected chi connectivity index (χ4v) is 2.60. The van der Waals surface area contributed by atoms with E-state index in [0.717, 1.165) is 19.0 Å². The van der Waals surface area contributed by atoms with E-state index in [1.165, 1.54) is 17.9 Å². The Bertz CT molecular complexity index is 244. The molecule has 1 unspecified atom stereocenters. The van der Waals surface area contributed by atoms with Crippen molar-refractivity contribution in [3.63, 3.8) is 0 Å². The number of thioether (sulfide) groups is 1. The second kappa shape index (κ2) is 3.65. The summed E-state index contributed by atoms with van der Waals surface area (Å²) in [5.74, 6) is 3.13. The number of hydrogen-bond donors (Lipinski definition) is 1. The summed E-state index contributed by atoms with van der Waals surface area (Å²) >= 11 is 2.00. The average molecular weight is 213 g/mol. The van der Waals surface area contributed by atoms with E-state index in [2.05, 4.69) is 23.7 Å². The quantitative estimate of drug-likeness (QED) is 0.525. The smallest absolute Gasteiger partial charge is 0.191 e. The van der Waals surface area contributed by atoms with Crippen LogP contribution >= 0.6 is 11.8 Å². The molecule has 0 aromatic carbocycles. The van der Waals surface area contributed by atoms with Crippen LogP contribution in [0.3, 0.4) is 0 Å². The van der Waals surface area contributed by atoms with Crippen molar-refractivity contribution in [1.29, 1.82) is 0 Å². The maximum absolute atomic E-state index is 5.98. The summed E-state index contributed by atoms with van der Waals surface area (Å²) < 4.78 is 0. The molecular weight excluding hydrogens is 194 g/mol. The maximum atomic E-state index is 5.98. The lowest BCUT2D eigenvalue weighted by atomic mass is 10.2. The summed E-state index contributed by atoms with van der Waals surface area (Å²) in [4.78, 5) is 6.79. The zero-order valence-electron chi connectivity index (χ0n) is 8.99. The molecule has 2 N–H and O–H groups in total. The van der Waals surface area contributed by atoms with E-state index < -0.39 is 0 Å². The summed E-state index contributed by atoms with van der Waals surface area (Å²) in [6.07, 6.45) is 1.19. The molecular formula is C10H19N3S. The standard InChI is InChI=1S/C10H19N3S/c1-10(2)7-8(10)12-9(11)13-3-5-14-6-4-13/h8H,3-7H2,1-2H3,(H2,11,12). The topological polar surface area (TPSA) is 41.6 Å². The van der Waals surface area contributed by atoms with Gasteiger partial charge in [0.05, 0.1) is 6.04 Å². The van der Waals surface area contributed by atoms with Gasteiger partial charge in [-0.2, -0.15) is 11.8 Å². The van der Waals surface area contributed by atoms with Gasteiger partial charge in [0.2, 0.25) is 0 Å². The van der Waals surface area contributed by atoms with Crippen molar-refractivity contribution < 1.29 is 0 Å². The summed E-state index contributed by atoms with van der Waals surface area (Å²) in [7, 11) is 0. The highest BCUT2D eigenvalue weighted by atomic mass is 32.2. The molecule has 1 saturated heterocycles. The Balaban J connectivity index is 1.90. The minimum atomic E-state index is 0.398. The van der Waals surface area contributed by atoms with E-state index in [1.54, 1.807) is 0 Å². The van der Waals surface area contributed by atoms with Crippen LogP contribution in [-0.2, 0) is 0 Å². The average Bonchev–Trinajstić information content (AvgIpc) is 2.75. The predicted molar refractivity (Wildman–Crippen MR) is 62.7 cm³/mol. The zero-order chi connectivity index (χ0) is 10.2. The molecule has 1 aliphatic carbocycles. The Morgan fingerprint density at radius 3 is 2.50 bits per heavy atom. The first kappa shape index (κ1) is 10.1. The van der Waals surface area contributed by atoms with Crippen molar-refractivity contribution in [2.75, 3.05) is 24.6 Å². The summed E-state index contributed by atoms with van der Waals surface area (Å²) in [6.45, 7) is 6.63. The predicted octanol–water partition coefficient (Wildman–Crippen LogP) is 1.15. The summed E-state index contributed by atoms with van der Waals surface area (Å²) in [5, 5.41) is 0. The lowest BCUT2D eigenvalue weighted by Gasteiger charge is -2.27. The first-order valence-electron chi connectivity index (χ1n) is 5.25. The van der Waals surface area contributed by atoms with Gasteiger partial charge in [-0.1, -0.05) is 13.8 Å². The lowest BCUT2D eigenvalue weighted by Crippen LogP contribution is -2.42. The minimum Gasteiger partial charge on any atom is -0.370 e. The Morgan fingerprint density at radius 2 is 2.00 bits per heavy atom. The van der Waals surface area contributed by atoms with Crippen molar-refractivity contribution in [3.05, 3.63) is 0 Å². The van der Waals surface area contributed by atoms with Crippen LogP contribution in [-0.4, -0.2) is 41.5 Å². The van der Waals surface area contributed by atoms with Gasteiger partial charge in [0.25, 0.3) is 0 Å². The van der Waals surface area contributed by atoms with Crippen LogP contribution < -0.4 is 5.73 Å². The van der Waals surface area contributed by atoms with Gasteiger partial charge >= 0.3 is 0 Å². The summed E-state index contributed by atoms with van der Waals surface area (Å²) in [5.41, 5.74) is 6.38. The van der Waals surface area contributed by atoms with Crippen LogP contribution in [0.4, 0.5) is 0 Å². The second-order valence-electron chi connectivity index (χ2n) is 4.80. The highest BCUT2D eigenvalue weighted by Gasteiger charge is 2.46. The van der Waals surface area contributed by atoms with Crippen LogP contribution in [0, 0.1) is 5.41 Å². The molecule has 0 radical (unpaired) electrons. The molecule has 2 aliphatic rings. The Hall–Kier alpha value is -0.380. The van der Waals surface area contributed by atoms with Crippen LogP contribution in [0.1, 0.15) is 20.3 Å². The number of rotatable bonds is 1.